The van der Waals surface area contributed by atoms with Gasteiger partial charge in [-0.25, -0.2) is 4.98 Å². The van der Waals surface area contributed by atoms with Gasteiger partial charge < -0.3 is 10.2 Å². The molecule has 9 nitrogen and oxygen atoms in total. The molecule has 2 N–H and O–H groups in total. The van der Waals surface area contributed by atoms with E-state index in [4.69, 9.17) is 21.8 Å². The normalized spacial score (nSPS) is 11.0. The smallest absolute Gasteiger partial charge is 0.274 e. The van der Waals surface area contributed by atoms with Gasteiger partial charge in [-0.15, -0.1) is 0 Å². The van der Waals surface area contributed by atoms with Crippen molar-refractivity contribution in [1.29, 1.82) is 0 Å². The van der Waals surface area contributed by atoms with Crippen LogP contribution in [0.5, 0.6) is 0 Å². The van der Waals surface area contributed by atoms with Crippen LogP contribution in [0.1, 0.15) is 21.7 Å². The van der Waals surface area contributed by atoms with Gasteiger partial charge in [0, 0.05) is 28.0 Å². The van der Waals surface area contributed by atoms with Crippen molar-refractivity contribution >= 4 is 45.9 Å². The number of carbonyl (C=O) groups excluding carboxylic acids is 1. The monoisotopic (exact) mass is 470 g/mol. The highest BCUT2D eigenvalue weighted by Crippen LogP contribution is 2.29. The van der Waals surface area contributed by atoms with Crippen molar-refractivity contribution in [3.63, 3.8) is 0 Å². The van der Waals surface area contributed by atoms with Crippen molar-refractivity contribution in [1.82, 2.24) is 9.55 Å². The Morgan fingerprint density at radius 2 is 2.06 bits per heavy atom. The van der Waals surface area contributed by atoms with Crippen LogP contribution in [0.2, 0.25) is 5.02 Å². The molecule has 11 heteroatoms. The largest absolute Gasteiger partial charge is 0.467 e. The number of carbonyl (C=O) groups is 1. The minimum Gasteiger partial charge on any atom is -0.467 e. The Morgan fingerprint density at radius 3 is 2.75 bits per heavy atom. The molecule has 0 aliphatic carbocycles. The van der Waals surface area contributed by atoms with Gasteiger partial charge in [0.1, 0.15) is 5.76 Å². The number of aromatic nitrogens is 2. The van der Waals surface area contributed by atoms with Crippen LogP contribution in [-0.4, -0.2) is 20.4 Å². The molecule has 1 amide bonds. The maximum atomic E-state index is 13.2. The third kappa shape index (κ3) is 4.36. The van der Waals surface area contributed by atoms with E-state index in [0.29, 0.717) is 32.4 Å². The van der Waals surface area contributed by atoms with Gasteiger partial charge in [-0.3, -0.25) is 24.3 Å². The summed E-state index contributed by atoms with van der Waals surface area (Å²) >= 11 is 7.21. The number of rotatable bonds is 7. The summed E-state index contributed by atoms with van der Waals surface area (Å²) in [6.45, 7) is 0.141. The first-order valence-electron chi connectivity index (χ1n) is 9.26. The number of thioether (sulfide) groups is 1. The van der Waals surface area contributed by atoms with Crippen LogP contribution in [0.3, 0.4) is 0 Å². The van der Waals surface area contributed by atoms with Gasteiger partial charge in [0.25, 0.3) is 11.2 Å². The number of benzene rings is 2. The molecule has 0 fully saturated rings. The fourth-order valence-corrected chi connectivity index (χ4v) is 4.29. The Labute approximate surface area is 190 Å². The molecule has 2 aromatic carbocycles. The van der Waals surface area contributed by atoms with Crippen molar-refractivity contribution in [3.8, 4) is 0 Å². The molecule has 0 saturated heterocycles. The lowest BCUT2D eigenvalue weighted by Gasteiger charge is -2.12. The highest BCUT2D eigenvalue weighted by molar-refractivity contribution is 7.98. The van der Waals surface area contributed by atoms with Gasteiger partial charge in [-0.2, -0.15) is 0 Å². The summed E-state index contributed by atoms with van der Waals surface area (Å²) in [6.07, 6.45) is 1.51. The van der Waals surface area contributed by atoms with Gasteiger partial charge in [-0.1, -0.05) is 29.4 Å². The summed E-state index contributed by atoms with van der Waals surface area (Å²) in [5.74, 6) is -0.0695. The average molecular weight is 471 g/mol. The number of primary amides is 1. The molecule has 0 radical (unpaired) electrons. The molecule has 0 aliphatic heterocycles. The zero-order valence-corrected chi connectivity index (χ0v) is 17.9. The van der Waals surface area contributed by atoms with Crippen LogP contribution >= 0.6 is 23.4 Å². The number of nitrogens with two attached hydrogens (primary N) is 1. The first-order valence-corrected chi connectivity index (χ1v) is 10.6. The van der Waals surface area contributed by atoms with Crippen molar-refractivity contribution in [2.45, 2.75) is 17.5 Å². The lowest BCUT2D eigenvalue weighted by Crippen LogP contribution is -2.23. The summed E-state index contributed by atoms with van der Waals surface area (Å²) in [7, 11) is 0. The minimum atomic E-state index is -0.757. The van der Waals surface area contributed by atoms with E-state index in [0.717, 1.165) is 17.8 Å². The maximum absolute atomic E-state index is 13.2. The van der Waals surface area contributed by atoms with Crippen LogP contribution < -0.4 is 11.3 Å². The number of furan rings is 1. The van der Waals surface area contributed by atoms with Crippen LogP contribution in [-0.2, 0) is 12.3 Å². The van der Waals surface area contributed by atoms with E-state index in [2.05, 4.69) is 4.98 Å². The van der Waals surface area contributed by atoms with E-state index in [1.807, 2.05) is 0 Å². The Balaban J connectivity index is 1.76. The predicted octanol–water partition coefficient (Wildman–Crippen LogP) is 3.99. The first-order chi connectivity index (χ1) is 15.3. The fourth-order valence-electron chi connectivity index (χ4n) is 3.13. The highest BCUT2D eigenvalue weighted by Gasteiger charge is 2.19. The molecular formula is C21H15ClN4O5S. The van der Waals surface area contributed by atoms with E-state index in [1.54, 1.807) is 30.3 Å². The van der Waals surface area contributed by atoms with E-state index >= 15 is 0 Å². The second-order valence-corrected chi connectivity index (χ2v) is 8.16. The topological polar surface area (TPSA) is 134 Å². The Hall–Kier alpha value is -3.63. The molecule has 0 unspecified atom stereocenters. The molecule has 32 heavy (non-hydrogen) atoms. The summed E-state index contributed by atoms with van der Waals surface area (Å²) in [6, 6.07) is 12.3. The second kappa shape index (κ2) is 8.85. The number of amides is 1. The van der Waals surface area contributed by atoms with Crippen LogP contribution in [0, 0.1) is 10.1 Å². The van der Waals surface area contributed by atoms with Gasteiger partial charge in [0.2, 0.25) is 5.91 Å². The summed E-state index contributed by atoms with van der Waals surface area (Å²) in [5.41, 5.74) is 5.52. The fraction of sp³-hybridized carbons (Fsp3) is 0.0952. The molecule has 4 aromatic rings. The zero-order chi connectivity index (χ0) is 22.8. The number of hydrogen-bond donors (Lipinski definition) is 1. The zero-order valence-electron chi connectivity index (χ0n) is 16.4. The average Bonchev–Trinajstić information content (AvgIpc) is 3.27. The first kappa shape index (κ1) is 21.6. The van der Waals surface area contributed by atoms with Crippen LogP contribution in [0.4, 0.5) is 5.69 Å². The molecule has 0 atom stereocenters. The molecule has 0 saturated carbocycles. The summed E-state index contributed by atoms with van der Waals surface area (Å²) in [5, 5.41) is 12.7. The Kier molecular flexibility index (Phi) is 5.97. The quantitative estimate of drug-likeness (QED) is 0.187. The molecular weight excluding hydrogens is 456 g/mol. The molecule has 4 rings (SSSR count). The van der Waals surface area contributed by atoms with Crippen molar-refractivity contribution < 1.29 is 14.1 Å². The van der Waals surface area contributed by atoms with Gasteiger partial charge in [-0.05, 0) is 36.4 Å². The number of fused-ring (bicyclic) bond motifs is 1. The van der Waals surface area contributed by atoms with E-state index < -0.39 is 10.8 Å². The van der Waals surface area contributed by atoms with Crippen LogP contribution in [0.15, 0.2) is 69.2 Å². The molecule has 162 valence electrons. The van der Waals surface area contributed by atoms with Crippen molar-refractivity contribution in [2.75, 3.05) is 0 Å². The molecule has 0 bridgehead atoms. The molecule has 2 aromatic heterocycles. The van der Waals surface area contributed by atoms with E-state index in [9.17, 15) is 19.7 Å². The second-order valence-electron chi connectivity index (χ2n) is 6.78. The summed E-state index contributed by atoms with van der Waals surface area (Å²) < 4.78 is 6.82. The van der Waals surface area contributed by atoms with Crippen LogP contribution in [0.25, 0.3) is 10.9 Å². The van der Waals surface area contributed by atoms with E-state index in [1.165, 1.54) is 23.0 Å². The van der Waals surface area contributed by atoms with Gasteiger partial charge in [0.05, 0.1) is 28.6 Å². The lowest BCUT2D eigenvalue weighted by atomic mass is 10.1. The Bertz CT molecular complexity index is 1400. The third-order valence-electron chi connectivity index (χ3n) is 4.70. The SMILES string of the molecule is NC(=O)c1ccc(CSc2nc3cc(Cl)ccc3c(=O)n2Cc2ccco2)c([N+](=O)[O-])c1. The van der Waals surface area contributed by atoms with Gasteiger partial charge >= 0.3 is 0 Å². The minimum absolute atomic E-state index is 0.0404. The number of halogens is 1. The van der Waals surface area contributed by atoms with Crippen molar-refractivity contribution in [2.24, 2.45) is 5.73 Å². The molecule has 0 aliphatic rings. The molecule has 2 heterocycles. The standard InChI is InChI=1S/C21H15ClN4O5S/c22-14-5-6-16-17(9-14)24-21(25(20(16)28)10-15-2-1-7-31-15)32-11-13-4-3-12(19(23)27)8-18(13)26(29)30/h1-9H,10-11H2,(H2,23,27). The van der Waals surface area contributed by atoms with Gasteiger partial charge in [0.15, 0.2) is 5.16 Å². The van der Waals surface area contributed by atoms with E-state index in [-0.39, 0.29) is 29.1 Å². The number of hydrogen-bond acceptors (Lipinski definition) is 7. The summed E-state index contributed by atoms with van der Waals surface area (Å²) in [4.78, 5) is 40.0. The molecule has 0 spiro atoms. The number of nitro groups is 1. The number of nitro benzene ring substituents is 1. The lowest BCUT2D eigenvalue weighted by molar-refractivity contribution is -0.385. The third-order valence-corrected chi connectivity index (χ3v) is 5.96. The predicted molar refractivity (Wildman–Crippen MR) is 120 cm³/mol. The number of nitrogens with zero attached hydrogens (tertiary/aromatic N) is 3. The Morgan fingerprint density at radius 1 is 1.25 bits per heavy atom. The van der Waals surface area contributed by atoms with Crippen molar-refractivity contribution in [3.05, 3.63) is 97.2 Å². The maximum Gasteiger partial charge on any atom is 0.274 e. The highest BCUT2D eigenvalue weighted by atomic mass is 35.5.